The summed E-state index contributed by atoms with van der Waals surface area (Å²) < 4.78 is 26.2. The minimum absolute atomic E-state index is 0.136. The van der Waals surface area contributed by atoms with E-state index in [1.54, 1.807) is 24.3 Å². The maximum Gasteiger partial charge on any atom is 0.301 e. The molecular weight excluding hydrogens is 601 g/mol. The molecule has 0 spiro atoms. The predicted molar refractivity (Wildman–Crippen MR) is 148 cm³/mol. The number of non-ortho nitro benzene ring substituents is 1. The smallest absolute Gasteiger partial charge is 0.301 e. The van der Waals surface area contributed by atoms with Crippen LogP contribution in [0.4, 0.5) is 10.8 Å². The lowest BCUT2D eigenvalue weighted by Crippen LogP contribution is -2.29. The van der Waals surface area contributed by atoms with Gasteiger partial charge in [-0.05, 0) is 48.0 Å². The van der Waals surface area contributed by atoms with E-state index < -0.39 is 38.3 Å². The quantitative estimate of drug-likeness (QED) is 0.0938. The number of benzene rings is 3. The average Bonchev–Trinajstić information content (AvgIpc) is 3.52. The Kier molecular flexibility index (Phi) is 7.19. The van der Waals surface area contributed by atoms with E-state index in [0.717, 1.165) is 35.4 Å². The lowest BCUT2D eigenvalue weighted by molar-refractivity contribution is -0.384. The number of hydrogen-bond acceptors (Lipinski definition) is 9. The van der Waals surface area contributed by atoms with Crippen molar-refractivity contribution < 1.29 is 28.0 Å². The summed E-state index contributed by atoms with van der Waals surface area (Å²) in [5.74, 6) is -2.54. The van der Waals surface area contributed by atoms with Gasteiger partial charge in [-0.25, -0.2) is 13.4 Å². The van der Waals surface area contributed by atoms with Crippen molar-refractivity contribution in [3.05, 3.63) is 116 Å². The number of carbonyl (C=O) groups is 2. The first-order valence-electron chi connectivity index (χ1n) is 11.3. The number of thiazole rings is 1. The van der Waals surface area contributed by atoms with Gasteiger partial charge in [-0.15, -0.1) is 0 Å². The molecule has 4 aromatic rings. The topological polar surface area (TPSA) is 148 Å². The third-order valence-electron chi connectivity index (χ3n) is 6.06. The molecule has 2 heterocycles. The predicted octanol–water partition coefficient (Wildman–Crippen LogP) is 5.82. The van der Waals surface area contributed by atoms with Crippen molar-refractivity contribution in [3.8, 4) is 0 Å². The molecule has 0 saturated carbocycles. The third kappa shape index (κ3) is 4.75. The molecule has 1 atom stereocenters. The van der Waals surface area contributed by atoms with E-state index >= 15 is 0 Å². The molecule has 1 N–H and O–H groups in total. The molecule has 0 radical (unpaired) electrons. The summed E-state index contributed by atoms with van der Waals surface area (Å²) in [6.07, 6.45) is 1.03. The number of hydrogen-bond donors (Lipinski definition) is 1. The van der Waals surface area contributed by atoms with E-state index in [-0.39, 0.29) is 36.1 Å². The Balaban J connectivity index is 1.63. The minimum atomic E-state index is -4.18. The van der Waals surface area contributed by atoms with E-state index in [1.807, 2.05) is 0 Å². The fourth-order valence-electron chi connectivity index (χ4n) is 4.13. The highest BCUT2D eigenvalue weighted by atomic mass is 35.5. The Morgan fingerprint density at radius 1 is 1.00 bits per heavy atom. The van der Waals surface area contributed by atoms with Crippen LogP contribution in [0.1, 0.15) is 17.2 Å². The fourth-order valence-corrected chi connectivity index (χ4v) is 7.05. The van der Waals surface area contributed by atoms with Gasteiger partial charge in [0.15, 0.2) is 5.13 Å². The number of anilines is 1. The Hall–Kier alpha value is -4.10. The van der Waals surface area contributed by atoms with Crippen LogP contribution in [0.2, 0.25) is 10.0 Å². The van der Waals surface area contributed by atoms with Crippen LogP contribution in [0.25, 0.3) is 5.76 Å². The molecule has 1 saturated heterocycles. The molecule has 40 heavy (non-hydrogen) atoms. The summed E-state index contributed by atoms with van der Waals surface area (Å²) >= 11 is 13.0. The Bertz CT molecular complexity index is 1820. The Labute approximate surface area is 240 Å². The molecule has 1 aromatic heterocycles. The normalized spacial score (nSPS) is 16.9. The van der Waals surface area contributed by atoms with Crippen LogP contribution in [0.3, 0.4) is 0 Å². The molecule has 0 aliphatic carbocycles. The zero-order valence-electron chi connectivity index (χ0n) is 19.9. The van der Waals surface area contributed by atoms with Crippen molar-refractivity contribution in [1.29, 1.82) is 0 Å². The van der Waals surface area contributed by atoms with Crippen molar-refractivity contribution in [2.24, 2.45) is 0 Å². The van der Waals surface area contributed by atoms with Gasteiger partial charge in [0.2, 0.25) is 9.84 Å². The number of nitro benzene ring substituents is 1. The third-order valence-corrected chi connectivity index (χ3v) is 9.89. The Morgan fingerprint density at radius 3 is 2.27 bits per heavy atom. The largest absolute Gasteiger partial charge is 0.507 e. The van der Waals surface area contributed by atoms with Gasteiger partial charge >= 0.3 is 5.91 Å². The van der Waals surface area contributed by atoms with Crippen LogP contribution in [-0.2, 0) is 19.4 Å². The van der Waals surface area contributed by atoms with Crippen molar-refractivity contribution in [1.82, 2.24) is 4.98 Å². The second-order valence-electron chi connectivity index (χ2n) is 8.41. The molecular formula is C26H15Cl2N3O7S2. The minimum Gasteiger partial charge on any atom is -0.507 e. The van der Waals surface area contributed by atoms with Crippen molar-refractivity contribution >= 4 is 72.6 Å². The highest BCUT2D eigenvalue weighted by Gasteiger charge is 2.49. The molecule has 0 bridgehead atoms. The molecule has 3 aromatic carbocycles. The van der Waals surface area contributed by atoms with Crippen LogP contribution in [0, 0.1) is 10.1 Å². The van der Waals surface area contributed by atoms with Gasteiger partial charge in [-0.3, -0.25) is 24.6 Å². The van der Waals surface area contributed by atoms with E-state index in [0.29, 0.717) is 21.9 Å². The van der Waals surface area contributed by atoms with Crippen LogP contribution in [0.15, 0.2) is 93.7 Å². The summed E-state index contributed by atoms with van der Waals surface area (Å²) in [4.78, 5) is 41.8. The summed E-state index contributed by atoms with van der Waals surface area (Å²) in [5, 5.41) is 22.5. The van der Waals surface area contributed by atoms with Crippen LogP contribution in [-0.4, -0.2) is 35.1 Å². The van der Waals surface area contributed by atoms with Gasteiger partial charge in [0.1, 0.15) is 9.97 Å². The zero-order valence-corrected chi connectivity index (χ0v) is 23.0. The van der Waals surface area contributed by atoms with E-state index in [1.165, 1.54) is 24.3 Å². The maximum absolute atomic E-state index is 13.4. The highest BCUT2D eigenvalue weighted by molar-refractivity contribution is 7.93. The second kappa shape index (κ2) is 10.5. The lowest BCUT2D eigenvalue weighted by atomic mass is 9.95. The number of halogens is 2. The summed E-state index contributed by atoms with van der Waals surface area (Å²) in [6.45, 7) is 0. The Morgan fingerprint density at radius 2 is 1.65 bits per heavy atom. The van der Waals surface area contributed by atoms with Gasteiger partial charge in [0.05, 0.1) is 27.6 Å². The SMILES string of the molecule is O=C1C(=O)N(c2ncc(S(=O)(=O)c3ccc([N+](=O)[O-])cc3)s2)C(c2ccccc2Cl)/C1=C(\O)c1ccc(Cl)cc1. The molecule has 1 aliphatic rings. The van der Waals surface area contributed by atoms with Gasteiger partial charge < -0.3 is 5.11 Å². The number of ketones is 1. The molecule has 202 valence electrons. The molecule has 1 unspecified atom stereocenters. The summed E-state index contributed by atoms with van der Waals surface area (Å²) in [7, 11) is -4.18. The number of nitro groups is 1. The summed E-state index contributed by atoms with van der Waals surface area (Å²) in [6, 6.07) is 15.4. The molecule has 1 amide bonds. The number of aliphatic hydroxyl groups excluding tert-OH is 1. The average molecular weight is 616 g/mol. The number of amides is 1. The number of aliphatic hydroxyl groups is 1. The monoisotopic (exact) mass is 615 g/mol. The second-order valence-corrected chi connectivity index (χ2v) is 12.4. The van der Waals surface area contributed by atoms with Gasteiger partial charge in [-0.1, -0.05) is 52.7 Å². The van der Waals surface area contributed by atoms with Gasteiger partial charge in [-0.2, -0.15) is 0 Å². The number of aromatic nitrogens is 1. The van der Waals surface area contributed by atoms with E-state index in [2.05, 4.69) is 4.98 Å². The zero-order chi connectivity index (χ0) is 28.8. The lowest BCUT2D eigenvalue weighted by Gasteiger charge is -2.23. The van der Waals surface area contributed by atoms with Crippen LogP contribution in [0.5, 0.6) is 0 Å². The standard InChI is InChI=1S/C26H15Cl2N3O7S2/c27-15-7-5-14(6-8-15)23(32)21-22(18-3-1-2-4-19(18)28)30(25(34)24(21)33)26-29-13-20(39-26)40(37,38)17-11-9-16(10-12-17)31(35)36/h1-13,22,32H/b23-21+. The summed E-state index contributed by atoms with van der Waals surface area (Å²) in [5.41, 5.74) is -0.0307. The van der Waals surface area contributed by atoms with E-state index in [4.69, 9.17) is 23.2 Å². The van der Waals surface area contributed by atoms with Crippen molar-refractivity contribution in [3.63, 3.8) is 0 Å². The maximum atomic E-state index is 13.4. The first kappa shape index (κ1) is 27.5. The molecule has 1 fully saturated rings. The van der Waals surface area contributed by atoms with Crippen LogP contribution >= 0.6 is 34.5 Å². The number of sulfone groups is 1. The fraction of sp³-hybridized carbons (Fsp3) is 0.0385. The molecule has 10 nitrogen and oxygen atoms in total. The molecule has 1 aliphatic heterocycles. The molecule has 5 rings (SSSR count). The highest BCUT2D eigenvalue weighted by Crippen LogP contribution is 2.46. The van der Waals surface area contributed by atoms with Gasteiger partial charge in [0, 0.05) is 27.7 Å². The van der Waals surface area contributed by atoms with Crippen molar-refractivity contribution in [2.45, 2.75) is 15.1 Å². The first-order chi connectivity index (χ1) is 19.0. The molecule has 14 heteroatoms. The van der Waals surface area contributed by atoms with Crippen LogP contribution < -0.4 is 4.90 Å². The number of carbonyl (C=O) groups excluding carboxylic acids is 2. The number of Topliss-reactive ketones (excluding diaryl/α,β-unsaturated/α-hetero) is 1. The number of nitrogens with zero attached hydrogens (tertiary/aromatic N) is 3. The van der Waals surface area contributed by atoms with E-state index in [9.17, 15) is 33.2 Å². The van der Waals surface area contributed by atoms with Crippen molar-refractivity contribution in [2.75, 3.05) is 4.90 Å². The number of rotatable bonds is 6. The van der Waals surface area contributed by atoms with Gasteiger partial charge in [0.25, 0.3) is 11.5 Å². The first-order valence-corrected chi connectivity index (χ1v) is 14.3.